The minimum Gasteiger partial charge on any atom is -0.493 e. The number of carbonyl (C=O) groups excluding carboxylic acids is 1. The van der Waals surface area contributed by atoms with Gasteiger partial charge in [-0.05, 0) is 37.3 Å². The molecular formula is C19H15NO5. The number of fused-ring (bicyclic) bond motifs is 1. The number of carbonyl (C=O) groups is 1. The van der Waals surface area contributed by atoms with Crippen molar-refractivity contribution in [1.82, 2.24) is 0 Å². The van der Waals surface area contributed by atoms with Crippen molar-refractivity contribution in [2.45, 2.75) is 6.92 Å². The van der Waals surface area contributed by atoms with Crippen LogP contribution in [0.15, 0.2) is 53.2 Å². The number of aliphatic imine (C=N–C) groups is 1. The van der Waals surface area contributed by atoms with Crippen LogP contribution in [0.3, 0.4) is 0 Å². The fraction of sp³-hybridized carbons (Fsp3) is 0.158. The lowest BCUT2D eigenvalue weighted by Crippen LogP contribution is -2.05. The number of hydrogen-bond donors (Lipinski definition) is 0. The number of ether oxygens (including phenoxy) is 4. The maximum Gasteiger partial charge on any atom is 0.363 e. The Labute approximate surface area is 144 Å². The lowest BCUT2D eigenvalue weighted by Gasteiger charge is -2.06. The third-order valence-corrected chi connectivity index (χ3v) is 3.75. The molecule has 0 unspecified atom stereocenters. The summed E-state index contributed by atoms with van der Waals surface area (Å²) in [6, 6.07) is 12.7. The fourth-order valence-corrected chi connectivity index (χ4v) is 2.60. The van der Waals surface area contributed by atoms with E-state index in [0.29, 0.717) is 29.4 Å². The Balaban J connectivity index is 1.67. The molecule has 0 spiro atoms. The number of hydrogen-bond acceptors (Lipinski definition) is 6. The SMILES string of the molecule is CCOc1ccccc1C=C1N=C(c2ccc3c(c2)OCO3)OC1=O. The number of esters is 1. The van der Waals surface area contributed by atoms with Crippen LogP contribution in [0.5, 0.6) is 17.2 Å². The molecule has 0 saturated carbocycles. The highest BCUT2D eigenvalue weighted by atomic mass is 16.7. The minimum absolute atomic E-state index is 0.185. The van der Waals surface area contributed by atoms with Crippen molar-refractivity contribution in [1.29, 1.82) is 0 Å². The Morgan fingerprint density at radius 3 is 2.88 bits per heavy atom. The summed E-state index contributed by atoms with van der Waals surface area (Å²) in [6.07, 6.45) is 1.66. The Morgan fingerprint density at radius 2 is 2.00 bits per heavy atom. The summed E-state index contributed by atoms with van der Waals surface area (Å²) >= 11 is 0. The highest BCUT2D eigenvalue weighted by Crippen LogP contribution is 2.33. The third-order valence-electron chi connectivity index (χ3n) is 3.75. The first-order chi connectivity index (χ1) is 12.2. The highest BCUT2D eigenvalue weighted by molar-refractivity contribution is 6.13. The van der Waals surface area contributed by atoms with Gasteiger partial charge in [0.15, 0.2) is 17.2 Å². The molecule has 0 fully saturated rings. The van der Waals surface area contributed by atoms with Crippen LogP contribution in [-0.2, 0) is 9.53 Å². The second-order valence-electron chi connectivity index (χ2n) is 5.37. The van der Waals surface area contributed by atoms with Crippen molar-refractivity contribution in [3.8, 4) is 17.2 Å². The molecule has 2 aliphatic heterocycles. The standard InChI is InChI=1S/C19H15NO5/c1-2-22-15-6-4-3-5-12(15)9-14-19(21)25-18(20-14)13-7-8-16-17(10-13)24-11-23-16/h3-10H,2,11H2,1H3. The van der Waals surface area contributed by atoms with Gasteiger partial charge >= 0.3 is 5.97 Å². The summed E-state index contributed by atoms with van der Waals surface area (Å²) < 4.78 is 21.5. The van der Waals surface area contributed by atoms with E-state index in [1.54, 1.807) is 24.3 Å². The average Bonchev–Trinajstić information content (AvgIpc) is 3.23. The zero-order valence-corrected chi connectivity index (χ0v) is 13.5. The molecule has 25 heavy (non-hydrogen) atoms. The van der Waals surface area contributed by atoms with Gasteiger partial charge in [0.05, 0.1) is 6.61 Å². The minimum atomic E-state index is -0.501. The van der Waals surface area contributed by atoms with Gasteiger partial charge in [-0.1, -0.05) is 18.2 Å². The molecule has 2 heterocycles. The van der Waals surface area contributed by atoms with Crippen LogP contribution < -0.4 is 14.2 Å². The third kappa shape index (κ3) is 2.94. The van der Waals surface area contributed by atoms with E-state index in [4.69, 9.17) is 18.9 Å². The monoisotopic (exact) mass is 337 g/mol. The summed E-state index contributed by atoms with van der Waals surface area (Å²) in [6.45, 7) is 2.63. The van der Waals surface area contributed by atoms with E-state index in [0.717, 1.165) is 5.56 Å². The van der Waals surface area contributed by atoms with Crippen LogP contribution in [0.1, 0.15) is 18.1 Å². The first-order valence-electron chi connectivity index (χ1n) is 7.89. The van der Waals surface area contributed by atoms with Crippen LogP contribution in [0.2, 0.25) is 0 Å². The Hall–Kier alpha value is -3.28. The van der Waals surface area contributed by atoms with Gasteiger partial charge in [0, 0.05) is 11.1 Å². The van der Waals surface area contributed by atoms with Gasteiger partial charge in [-0.2, -0.15) is 0 Å². The lowest BCUT2D eigenvalue weighted by molar-refractivity contribution is -0.129. The molecule has 0 radical (unpaired) electrons. The zero-order valence-electron chi connectivity index (χ0n) is 13.5. The molecule has 2 aliphatic rings. The molecule has 0 N–H and O–H groups in total. The van der Waals surface area contributed by atoms with Crippen LogP contribution in [0.4, 0.5) is 0 Å². The van der Waals surface area contributed by atoms with E-state index in [9.17, 15) is 4.79 Å². The maximum atomic E-state index is 12.2. The van der Waals surface area contributed by atoms with Crippen molar-refractivity contribution in [3.05, 3.63) is 59.3 Å². The quantitative estimate of drug-likeness (QED) is 0.633. The summed E-state index contributed by atoms with van der Waals surface area (Å²) in [4.78, 5) is 16.5. The van der Waals surface area contributed by atoms with Crippen molar-refractivity contribution in [2.75, 3.05) is 13.4 Å². The summed E-state index contributed by atoms with van der Waals surface area (Å²) in [5.41, 5.74) is 1.64. The van der Waals surface area contributed by atoms with Crippen LogP contribution >= 0.6 is 0 Å². The molecule has 0 aromatic heterocycles. The second-order valence-corrected chi connectivity index (χ2v) is 5.37. The van der Waals surface area contributed by atoms with E-state index >= 15 is 0 Å². The first-order valence-corrected chi connectivity index (χ1v) is 7.89. The van der Waals surface area contributed by atoms with E-state index in [1.165, 1.54) is 0 Å². The van der Waals surface area contributed by atoms with Crippen molar-refractivity contribution in [3.63, 3.8) is 0 Å². The highest BCUT2D eigenvalue weighted by Gasteiger charge is 2.26. The second kappa shape index (κ2) is 6.32. The van der Waals surface area contributed by atoms with Crippen molar-refractivity contribution in [2.24, 2.45) is 4.99 Å². The fourth-order valence-electron chi connectivity index (χ4n) is 2.60. The summed E-state index contributed by atoms with van der Waals surface area (Å²) in [7, 11) is 0. The Morgan fingerprint density at radius 1 is 1.16 bits per heavy atom. The van der Waals surface area contributed by atoms with Gasteiger partial charge < -0.3 is 18.9 Å². The number of rotatable bonds is 4. The average molecular weight is 337 g/mol. The molecule has 126 valence electrons. The van der Waals surface area contributed by atoms with E-state index in [1.807, 2.05) is 31.2 Å². The van der Waals surface area contributed by atoms with Crippen LogP contribution in [-0.4, -0.2) is 25.3 Å². The number of para-hydroxylation sites is 1. The molecule has 6 nitrogen and oxygen atoms in total. The van der Waals surface area contributed by atoms with Gasteiger partial charge in [-0.15, -0.1) is 0 Å². The number of nitrogens with zero attached hydrogens (tertiary/aromatic N) is 1. The molecule has 6 heteroatoms. The van der Waals surface area contributed by atoms with E-state index in [-0.39, 0.29) is 18.4 Å². The number of cyclic esters (lactones) is 1. The topological polar surface area (TPSA) is 66.3 Å². The van der Waals surface area contributed by atoms with E-state index in [2.05, 4.69) is 4.99 Å². The predicted octanol–water partition coefficient (Wildman–Crippen LogP) is 3.16. The molecule has 0 atom stereocenters. The molecule has 0 amide bonds. The van der Waals surface area contributed by atoms with Crippen LogP contribution in [0.25, 0.3) is 6.08 Å². The molecule has 0 bridgehead atoms. The predicted molar refractivity (Wildman–Crippen MR) is 90.8 cm³/mol. The van der Waals surface area contributed by atoms with Gasteiger partial charge in [0.2, 0.25) is 12.7 Å². The molecule has 2 aromatic carbocycles. The van der Waals surface area contributed by atoms with Gasteiger partial charge in [-0.3, -0.25) is 0 Å². The molecule has 4 rings (SSSR count). The van der Waals surface area contributed by atoms with Gasteiger partial charge in [-0.25, -0.2) is 9.79 Å². The first kappa shape index (κ1) is 15.3. The zero-order chi connectivity index (χ0) is 17.2. The van der Waals surface area contributed by atoms with Gasteiger partial charge in [0.25, 0.3) is 0 Å². The largest absolute Gasteiger partial charge is 0.493 e. The smallest absolute Gasteiger partial charge is 0.363 e. The maximum absolute atomic E-state index is 12.2. The summed E-state index contributed by atoms with van der Waals surface area (Å²) in [5, 5.41) is 0. The lowest BCUT2D eigenvalue weighted by atomic mass is 10.1. The normalized spacial score (nSPS) is 16.8. The molecule has 0 saturated heterocycles. The molecule has 2 aromatic rings. The van der Waals surface area contributed by atoms with E-state index < -0.39 is 5.97 Å². The Bertz CT molecular complexity index is 900. The molecular weight excluding hydrogens is 322 g/mol. The molecule has 0 aliphatic carbocycles. The number of benzene rings is 2. The van der Waals surface area contributed by atoms with Gasteiger partial charge in [0.1, 0.15) is 5.75 Å². The van der Waals surface area contributed by atoms with Crippen molar-refractivity contribution < 1.29 is 23.7 Å². The van der Waals surface area contributed by atoms with Crippen LogP contribution in [0, 0.1) is 0 Å². The van der Waals surface area contributed by atoms with Crippen molar-refractivity contribution >= 4 is 17.9 Å². The summed E-state index contributed by atoms with van der Waals surface area (Å²) in [5.74, 6) is 1.70. The Kier molecular flexibility index (Phi) is 3.85.